The summed E-state index contributed by atoms with van der Waals surface area (Å²) >= 11 is 0. The van der Waals surface area contributed by atoms with Crippen LogP contribution >= 0.6 is 0 Å². The van der Waals surface area contributed by atoms with Crippen LogP contribution in [0.4, 0.5) is 11.5 Å². The molecule has 1 heterocycles. The predicted molar refractivity (Wildman–Crippen MR) is 76.2 cm³/mol. The number of pyridine rings is 1. The first kappa shape index (κ1) is 10.8. The Bertz CT molecular complexity index is 689. The molecule has 2 heteroatoms. The van der Waals surface area contributed by atoms with Crippen LogP contribution in [0.15, 0.2) is 60.7 Å². The van der Waals surface area contributed by atoms with E-state index in [0.717, 1.165) is 22.4 Å². The Labute approximate surface area is 106 Å². The van der Waals surface area contributed by atoms with Crippen molar-refractivity contribution in [3.8, 4) is 0 Å². The maximum Gasteiger partial charge on any atom is 0.131 e. The summed E-state index contributed by atoms with van der Waals surface area (Å²) in [7, 11) is 0. The van der Waals surface area contributed by atoms with Gasteiger partial charge in [0.1, 0.15) is 5.82 Å². The summed E-state index contributed by atoms with van der Waals surface area (Å²) in [6.45, 7) is 2.08. The average Bonchev–Trinajstić information content (AvgIpc) is 2.39. The molecule has 0 aliphatic rings. The van der Waals surface area contributed by atoms with Gasteiger partial charge in [-0.15, -0.1) is 0 Å². The number of benzene rings is 2. The van der Waals surface area contributed by atoms with Gasteiger partial charge >= 0.3 is 0 Å². The van der Waals surface area contributed by atoms with E-state index >= 15 is 0 Å². The Morgan fingerprint density at radius 3 is 2.67 bits per heavy atom. The molecule has 3 aromatic rings. The van der Waals surface area contributed by atoms with Crippen molar-refractivity contribution in [2.24, 2.45) is 0 Å². The molecule has 0 amide bonds. The first-order chi connectivity index (χ1) is 8.81. The second-order valence-electron chi connectivity index (χ2n) is 4.38. The third kappa shape index (κ3) is 2.18. The highest BCUT2D eigenvalue weighted by atomic mass is 15.0. The molecule has 0 fully saturated rings. The van der Waals surface area contributed by atoms with Gasteiger partial charge < -0.3 is 5.32 Å². The average molecular weight is 234 g/mol. The molecule has 0 unspecified atom stereocenters. The van der Waals surface area contributed by atoms with Crippen LogP contribution in [0.25, 0.3) is 10.9 Å². The lowest BCUT2D eigenvalue weighted by atomic mass is 10.2. The van der Waals surface area contributed by atoms with E-state index in [1.807, 2.05) is 36.4 Å². The lowest BCUT2D eigenvalue weighted by Gasteiger charge is -2.07. The Balaban J connectivity index is 1.95. The van der Waals surface area contributed by atoms with Crippen molar-refractivity contribution in [2.75, 3.05) is 5.32 Å². The van der Waals surface area contributed by atoms with Gasteiger partial charge in [0, 0.05) is 11.1 Å². The fourth-order valence-corrected chi connectivity index (χ4v) is 2.01. The molecule has 0 aliphatic carbocycles. The van der Waals surface area contributed by atoms with E-state index in [0.29, 0.717) is 0 Å². The van der Waals surface area contributed by atoms with E-state index in [1.165, 1.54) is 5.56 Å². The van der Waals surface area contributed by atoms with E-state index in [1.54, 1.807) is 0 Å². The van der Waals surface area contributed by atoms with E-state index < -0.39 is 0 Å². The summed E-state index contributed by atoms with van der Waals surface area (Å²) < 4.78 is 0. The monoisotopic (exact) mass is 234 g/mol. The molecule has 0 bridgehead atoms. The standard InChI is InChI=1S/C16H14N2/c1-12-5-4-7-14(11-12)17-16-10-9-13-6-2-3-8-15(13)18-16/h2-11H,1H3,(H,17,18). The molecule has 0 saturated carbocycles. The van der Waals surface area contributed by atoms with Crippen molar-refractivity contribution >= 4 is 22.4 Å². The SMILES string of the molecule is Cc1cccc(Nc2ccc3ccccc3n2)c1. The molecular weight excluding hydrogens is 220 g/mol. The maximum atomic E-state index is 4.59. The van der Waals surface area contributed by atoms with Gasteiger partial charge in [0.25, 0.3) is 0 Å². The van der Waals surface area contributed by atoms with E-state index in [-0.39, 0.29) is 0 Å². The third-order valence-electron chi connectivity index (χ3n) is 2.89. The molecule has 3 rings (SSSR count). The van der Waals surface area contributed by atoms with Crippen LogP contribution in [-0.4, -0.2) is 4.98 Å². The molecule has 0 atom stereocenters. The molecule has 1 N–H and O–H groups in total. The minimum Gasteiger partial charge on any atom is -0.340 e. The van der Waals surface area contributed by atoms with Crippen molar-refractivity contribution in [3.63, 3.8) is 0 Å². The van der Waals surface area contributed by atoms with Crippen LogP contribution in [0.5, 0.6) is 0 Å². The normalized spacial score (nSPS) is 10.5. The number of para-hydroxylation sites is 1. The lowest BCUT2D eigenvalue weighted by molar-refractivity contribution is 1.36. The van der Waals surface area contributed by atoms with E-state index in [9.17, 15) is 0 Å². The number of hydrogen-bond donors (Lipinski definition) is 1. The molecule has 0 aliphatic heterocycles. The quantitative estimate of drug-likeness (QED) is 0.715. The number of nitrogens with one attached hydrogen (secondary N) is 1. The highest BCUT2D eigenvalue weighted by Crippen LogP contribution is 2.19. The molecule has 2 nitrogen and oxygen atoms in total. The molecule has 0 radical (unpaired) electrons. The van der Waals surface area contributed by atoms with Crippen molar-refractivity contribution in [3.05, 3.63) is 66.2 Å². The fraction of sp³-hybridized carbons (Fsp3) is 0.0625. The Morgan fingerprint density at radius 1 is 0.889 bits per heavy atom. The zero-order chi connectivity index (χ0) is 12.4. The molecular formula is C16H14N2. The zero-order valence-electron chi connectivity index (χ0n) is 10.2. The van der Waals surface area contributed by atoms with Crippen molar-refractivity contribution in [2.45, 2.75) is 6.92 Å². The largest absolute Gasteiger partial charge is 0.340 e. The van der Waals surface area contributed by atoms with Crippen molar-refractivity contribution in [1.82, 2.24) is 4.98 Å². The molecule has 0 spiro atoms. The van der Waals surface area contributed by atoms with Crippen molar-refractivity contribution < 1.29 is 0 Å². The highest BCUT2D eigenvalue weighted by Gasteiger charge is 1.98. The van der Waals surface area contributed by atoms with Crippen LogP contribution in [0, 0.1) is 6.92 Å². The van der Waals surface area contributed by atoms with Crippen LogP contribution in [0.3, 0.4) is 0 Å². The summed E-state index contributed by atoms with van der Waals surface area (Å²) in [6.07, 6.45) is 0. The minimum absolute atomic E-state index is 0.874. The maximum absolute atomic E-state index is 4.59. The molecule has 2 aromatic carbocycles. The summed E-state index contributed by atoms with van der Waals surface area (Å²) in [6, 6.07) is 20.5. The number of anilines is 2. The summed E-state index contributed by atoms with van der Waals surface area (Å²) in [5.74, 6) is 0.874. The Hall–Kier alpha value is -2.35. The lowest BCUT2D eigenvalue weighted by Crippen LogP contribution is -1.93. The second kappa shape index (κ2) is 4.49. The number of aryl methyl sites for hydroxylation is 1. The number of hydrogen-bond acceptors (Lipinski definition) is 2. The van der Waals surface area contributed by atoms with Gasteiger partial charge in [-0.1, -0.05) is 30.3 Å². The molecule has 0 saturated heterocycles. The second-order valence-corrected chi connectivity index (χ2v) is 4.38. The Kier molecular flexibility index (Phi) is 2.69. The van der Waals surface area contributed by atoms with Crippen molar-refractivity contribution in [1.29, 1.82) is 0 Å². The molecule has 88 valence electrons. The first-order valence-electron chi connectivity index (χ1n) is 6.01. The van der Waals surface area contributed by atoms with Gasteiger partial charge in [-0.25, -0.2) is 4.98 Å². The van der Waals surface area contributed by atoms with Crippen LogP contribution in [0.1, 0.15) is 5.56 Å². The van der Waals surface area contributed by atoms with Gasteiger partial charge in [0.05, 0.1) is 5.52 Å². The topological polar surface area (TPSA) is 24.9 Å². The Morgan fingerprint density at radius 2 is 1.78 bits per heavy atom. The van der Waals surface area contributed by atoms with Crippen LogP contribution in [0.2, 0.25) is 0 Å². The minimum atomic E-state index is 0.874. The number of nitrogens with zero attached hydrogens (tertiary/aromatic N) is 1. The summed E-state index contributed by atoms with van der Waals surface area (Å²) in [4.78, 5) is 4.59. The molecule has 18 heavy (non-hydrogen) atoms. The summed E-state index contributed by atoms with van der Waals surface area (Å²) in [5.41, 5.74) is 3.31. The smallest absolute Gasteiger partial charge is 0.131 e. The predicted octanol–water partition coefficient (Wildman–Crippen LogP) is 4.29. The summed E-state index contributed by atoms with van der Waals surface area (Å²) in [5, 5.41) is 4.49. The van der Waals surface area contributed by atoms with E-state index in [2.05, 4.69) is 41.5 Å². The van der Waals surface area contributed by atoms with Gasteiger partial charge in [-0.05, 0) is 42.8 Å². The highest BCUT2D eigenvalue weighted by molar-refractivity contribution is 5.80. The number of rotatable bonds is 2. The number of fused-ring (bicyclic) bond motifs is 1. The third-order valence-corrected chi connectivity index (χ3v) is 2.89. The van der Waals surface area contributed by atoms with Gasteiger partial charge in [0.15, 0.2) is 0 Å². The van der Waals surface area contributed by atoms with Gasteiger partial charge in [0.2, 0.25) is 0 Å². The fourth-order valence-electron chi connectivity index (χ4n) is 2.01. The molecule has 1 aromatic heterocycles. The van der Waals surface area contributed by atoms with Crippen LogP contribution < -0.4 is 5.32 Å². The number of aromatic nitrogens is 1. The first-order valence-corrected chi connectivity index (χ1v) is 6.01. The zero-order valence-corrected chi connectivity index (χ0v) is 10.2. The van der Waals surface area contributed by atoms with Gasteiger partial charge in [-0.3, -0.25) is 0 Å². The van der Waals surface area contributed by atoms with Crippen LogP contribution in [-0.2, 0) is 0 Å². The van der Waals surface area contributed by atoms with Gasteiger partial charge in [-0.2, -0.15) is 0 Å². The van der Waals surface area contributed by atoms with E-state index in [4.69, 9.17) is 0 Å².